The maximum absolute atomic E-state index is 12.7. The van der Waals surface area contributed by atoms with Crippen molar-refractivity contribution in [3.63, 3.8) is 0 Å². The average Bonchev–Trinajstić information content (AvgIpc) is 3.46. The Bertz CT molecular complexity index is 1060. The van der Waals surface area contributed by atoms with E-state index in [2.05, 4.69) is 34.6 Å². The van der Waals surface area contributed by atoms with Crippen LogP contribution < -0.4 is 5.32 Å². The number of aromatic nitrogens is 2. The molecule has 1 N–H and O–H groups in total. The van der Waals surface area contributed by atoms with Crippen LogP contribution in [-0.2, 0) is 6.42 Å². The van der Waals surface area contributed by atoms with Crippen LogP contribution in [0.5, 0.6) is 0 Å². The van der Waals surface area contributed by atoms with Gasteiger partial charge in [0.25, 0.3) is 5.89 Å². The van der Waals surface area contributed by atoms with E-state index in [1.807, 2.05) is 53.4 Å². The average molecular weight is 446 g/mol. The first-order valence-corrected chi connectivity index (χ1v) is 11.8. The maximum atomic E-state index is 12.7. The summed E-state index contributed by atoms with van der Waals surface area (Å²) in [5.74, 6) is 1.33. The second-order valence-electron chi connectivity index (χ2n) is 9.41. The Morgan fingerprint density at radius 1 is 1.09 bits per heavy atom. The molecule has 0 radical (unpaired) electrons. The third-order valence-corrected chi connectivity index (χ3v) is 7.15. The summed E-state index contributed by atoms with van der Waals surface area (Å²) in [6.45, 7) is 3.24. The predicted octanol–water partition coefficient (Wildman–Crippen LogP) is 4.15. The van der Waals surface area contributed by atoms with Gasteiger partial charge in [0.2, 0.25) is 0 Å². The number of nitrogens with one attached hydrogen (secondary N) is 1. The molecule has 1 unspecified atom stereocenters. The van der Waals surface area contributed by atoms with Gasteiger partial charge >= 0.3 is 6.03 Å². The number of hydrogen-bond donors (Lipinski definition) is 1. The largest absolute Gasteiger partial charge is 0.338 e. The number of benzene rings is 2. The molecule has 7 heteroatoms. The molecule has 2 aromatic carbocycles. The molecule has 2 aliphatic heterocycles. The molecule has 0 saturated carbocycles. The molecule has 2 saturated heterocycles. The van der Waals surface area contributed by atoms with E-state index in [1.165, 1.54) is 5.56 Å². The highest BCUT2D eigenvalue weighted by Crippen LogP contribution is 2.47. The van der Waals surface area contributed by atoms with Gasteiger partial charge in [0.15, 0.2) is 5.82 Å². The molecular weight excluding hydrogens is 414 g/mol. The number of nitrogens with zero attached hydrogens (tertiary/aromatic N) is 4. The molecule has 5 rings (SSSR count). The van der Waals surface area contributed by atoms with E-state index >= 15 is 0 Å². The lowest BCUT2D eigenvalue weighted by Crippen LogP contribution is -2.48. The molecule has 2 aliphatic rings. The summed E-state index contributed by atoms with van der Waals surface area (Å²) >= 11 is 0. The number of carbonyl (C=O) groups is 1. The van der Waals surface area contributed by atoms with Crippen LogP contribution in [0.2, 0.25) is 0 Å². The van der Waals surface area contributed by atoms with E-state index in [0.29, 0.717) is 12.4 Å². The fourth-order valence-corrected chi connectivity index (χ4v) is 5.24. The first-order valence-electron chi connectivity index (χ1n) is 11.8. The van der Waals surface area contributed by atoms with Crippen molar-refractivity contribution in [1.29, 1.82) is 0 Å². The first kappa shape index (κ1) is 21.6. The van der Waals surface area contributed by atoms with E-state index in [0.717, 1.165) is 56.7 Å². The van der Waals surface area contributed by atoms with Gasteiger partial charge in [-0.2, -0.15) is 4.98 Å². The fourth-order valence-electron chi connectivity index (χ4n) is 5.24. The van der Waals surface area contributed by atoms with Gasteiger partial charge in [-0.1, -0.05) is 53.7 Å². The van der Waals surface area contributed by atoms with Crippen LogP contribution in [-0.4, -0.2) is 59.2 Å². The summed E-state index contributed by atoms with van der Waals surface area (Å²) < 4.78 is 5.56. The second kappa shape index (κ2) is 9.35. The van der Waals surface area contributed by atoms with Crippen LogP contribution in [0.4, 0.5) is 4.79 Å². The van der Waals surface area contributed by atoms with Crippen molar-refractivity contribution in [2.24, 2.45) is 5.41 Å². The Labute approximate surface area is 194 Å². The summed E-state index contributed by atoms with van der Waals surface area (Å²) in [6.07, 6.45) is 3.86. The van der Waals surface area contributed by atoms with Gasteiger partial charge in [-0.05, 0) is 55.8 Å². The van der Waals surface area contributed by atoms with Crippen LogP contribution in [0.3, 0.4) is 0 Å². The minimum absolute atomic E-state index is 0.0503. The van der Waals surface area contributed by atoms with Gasteiger partial charge in [-0.3, -0.25) is 4.90 Å². The molecule has 2 fully saturated rings. The van der Waals surface area contributed by atoms with Crippen molar-refractivity contribution < 1.29 is 9.32 Å². The number of carbonyl (C=O) groups excluding carboxylic acids is 1. The van der Waals surface area contributed by atoms with E-state index in [4.69, 9.17) is 9.51 Å². The normalized spacial score (nSPS) is 20.3. The molecule has 33 heavy (non-hydrogen) atoms. The lowest BCUT2D eigenvalue weighted by molar-refractivity contribution is 0.122. The molecule has 0 aliphatic carbocycles. The standard InChI is InChI=1S/C26H31N5O2/c1-30-19-26(18-22(30)23-28-24(33-29-23)21-10-6-3-7-11-21)13-16-31(17-14-26)25(32)27-15-12-20-8-4-2-5-9-20/h2-11,22H,12-19H2,1H3,(H,27,32). The maximum Gasteiger partial charge on any atom is 0.317 e. The molecule has 0 bridgehead atoms. The summed E-state index contributed by atoms with van der Waals surface area (Å²) in [7, 11) is 2.14. The monoisotopic (exact) mass is 445 g/mol. The second-order valence-corrected chi connectivity index (χ2v) is 9.41. The lowest BCUT2D eigenvalue weighted by atomic mass is 9.76. The van der Waals surface area contributed by atoms with Gasteiger partial charge in [-0.15, -0.1) is 0 Å². The highest BCUT2D eigenvalue weighted by atomic mass is 16.5. The molecule has 172 valence electrons. The number of piperidine rings is 1. The molecule has 7 nitrogen and oxygen atoms in total. The van der Waals surface area contributed by atoms with E-state index in [1.54, 1.807) is 0 Å². The van der Waals surface area contributed by atoms with Crippen molar-refractivity contribution in [2.75, 3.05) is 33.2 Å². The Kier molecular flexibility index (Phi) is 6.13. The Hall–Kier alpha value is -3.19. The highest BCUT2D eigenvalue weighted by Gasteiger charge is 2.46. The quantitative estimate of drug-likeness (QED) is 0.639. The smallest absolute Gasteiger partial charge is 0.317 e. The lowest BCUT2D eigenvalue weighted by Gasteiger charge is -2.39. The Morgan fingerprint density at radius 2 is 1.79 bits per heavy atom. The van der Waals surface area contributed by atoms with E-state index in [-0.39, 0.29) is 17.5 Å². The summed E-state index contributed by atoms with van der Waals surface area (Å²) in [5, 5.41) is 7.39. The highest BCUT2D eigenvalue weighted by molar-refractivity contribution is 5.74. The van der Waals surface area contributed by atoms with Gasteiger partial charge < -0.3 is 14.7 Å². The van der Waals surface area contributed by atoms with Gasteiger partial charge in [0.05, 0.1) is 6.04 Å². The third-order valence-electron chi connectivity index (χ3n) is 7.15. The molecule has 2 amide bonds. The first-order chi connectivity index (χ1) is 16.1. The summed E-state index contributed by atoms with van der Waals surface area (Å²) in [6, 6.07) is 20.4. The van der Waals surface area contributed by atoms with Crippen molar-refractivity contribution in [3.8, 4) is 11.5 Å². The molecule has 3 heterocycles. The zero-order chi connectivity index (χ0) is 22.7. The number of likely N-dealkylation sites (tertiary alicyclic amines) is 2. The number of amides is 2. The minimum atomic E-state index is 0.0503. The van der Waals surface area contributed by atoms with Gasteiger partial charge in [0.1, 0.15) is 0 Å². The topological polar surface area (TPSA) is 74.5 Å². The fraction of sp³-hybridized carbons (Fsp3) is 0.423. The van der Waals surface area contributed by atoms with Crippen molar-refractivity contribution >= 4 is 6.03 Å². The minimum Gasteiger partial charge on any atom is -0.338 e. The van der Waals surface area contributed by atoms with Crippen molar-refractivity contribution in [1.82, 2.24) is 25.3 Å². The van der Waals surface area contributed by atoms with Crippen molar-refractivity contribution in [3.05, 3.63) is 72.1 Å². The molecular formula is C26H31N5O2. The number of hydrogen-bond acceptors (Lipinski definition) is 5. The molecule has 1 spiro atoms. The SMILES string of the molecule is CN1CC2(CCN(C(=O)NCCc3ccccc3)CC2)CC1c1noc(-c2ccccc2)n1. The molecule has 1 aromatic heterocycles. The molecule has 3 aromatic rings. The summed E-state index contributed by atoms with van der Waals surface area (Å²) in [4.78, 5) is 21.7. The van der Waals surface area contributed by atoms with Crippen molar-refractivity contribution in [2.45, 2.75) is 31.7 Å². The Balaban J connectivity index is 1.14. The van der Waals surface area contributed by atoms with Crippen LogP contribution in [0.1, 0.15) is 36.7 Å². The number of rotatable bonds is 5. The number of urea groups is 1. The van der Waals surface area contributed by atoms with Gasteiger partial charge in [-0.25, -0.2) is 4.79 Å². The third kappa shape index (κ3) is 4.78. The Morgan fingerprint density at radius 3 is 2.52 bits per heavy atom. The van der Waals surface area contributed by atoms with E-state index in [9.17, 15) is 4.79 Å². The molecule has 1 atom stereocenters. The van der Waals surface area contributed by atoms with Crippen LogP contribution in [0, 0.1) is 5.41 Å². The van der Waals surface area contributed by atoms with Crippen LogP contribution in [0.25, 0.3) is 11.5 Å². The zero-order valence-corrected chi connectivity index (χ0v) is 19.1. The summed E-state index contributed by atoms with van der Waals surface area (Å²) in [5.41, 5.74) is 2.39. The van der Waals surface area contributed by atoms with E-state index < -0.39 is 0 Å². The van der Waals surface area contributed by atoms with Gasteiger partial charge in [0, 0.05) is 31.7 Å². The van der Waals surface area contributed by atoms with Crippen LogP contribution in [0.15, 0.2) is 65.2 Å². The zero-order valence-electron chi connectivity index (χ0n) is 19.1. The van der Waals surface area contributed by atoms with Crippen LogP contribution >= 0.6 is 0 Å². The predicted molar refractivity (Wildman–Crippen MR) is 127 cm³/mol.